The molecule has 0 aromatic rings. The van der Waals surface area contributed by atoms with Gasteiger partial charge >= 0.3 is 5.97 Å². The van der Waals surface area contributed by atoms with E-state index in [0.29, 0.717) is 142 Å². The summed E-state index contributed by atoms with van der Waals surface area (Å²) in [5.41, 5.74) is 0. The highest BCUT2D eigenvalue weighted by atomic mass is 16.4. The van der Waals surface area contributed by atoms with Crippen LogP contribution in [0.15, 0.2) is 0 Å². The Kier molecular flexibility index (Phi) is 97.6. The van der Waals surface area contributed by atoms with Gasteiger partial charge in [0.15, 0.2) is 0 Å². The third-order valence-electron chi connectivity index (χ3n) is 28.7. The van der Waals surface area contributed by atoms with Crippen LogP contribution < -0.4 is 10.6 Å². The molecule has 0 spiro atoms. The highest BCUT2D eigenvalue weighted by Crippen LogP contribution is 2.25. The van der Waals surface area contributed by atoms with E-state index in [1.807, 2.05) is 4.90 Å². The van der Waals surface area contributed by atoms with Gasteiger partial charge < -0.3 is 56.4 Å². The summed E-state index contributed by atoms with van der Waals surface area (Å²) in [6, 6.07) is -3.25. The van der Waals surface area contributed by atoms with Crippen molar-refractivity contribution in [1.29, 1.82) is 0 Å². The molecule has 0 aromatic carbocycles. The predicted molar refractivity (Wildman–Crippen MR) is 567 cm³/mol. The van der Waals surface area contributed by atoms with Crippen molar-refractivity contribution in [3.05, 3.63) is 0 Å². The first kappa shape index (κ1) is 130. The third-order valence-corrected chi connectivity index (χ3v) is 28.7. The summed E-state index contributed by atoms with van der Waals surface area (Å²) in [7, 11) is 0. The second-order valence-corrected chi connectivity index (χ2v) is 42.5. The fraction of sp³-hybridized carbons (Fsp3) is 0.974. The van der Waals surface area contributed by atoms with Crippen LogP contribution in [-0.4, -0.2) is 211 Å². The van der Waals surface area contributed by atoms with Crippen molar-refractivity contribution in [1.82, 2.24) is 30.2 Å². The first-order valence-corrected chi connectivity index (χ1v) is 58.8. The monoisotopic (exact) mass is 1870 g/mol. The molecule has 0 rings (SSSR count). The zero-order valence-electron chi connectivity index (χ0n) is 89.5. The predicted octanol–water partition coefficient (Wildman–Crippen LogP) is 28.5. The van der Waals surface area contributed by atoms with Crippen LogP contribution in [0.1, 0.15) is 582 Å². The van der Waals surface area contributed by atoms with Crippen molar-refractivity contribution >= 4 is 17.8 Å². The number of aliphatic hydroxyl groups excluding tert-OH is 7. The van der Waals surface area contributed by atoms with E-state index in [0.717, 1.165) is 148 Å². The third kappa shape index (κ3) is 85.9. The molecule has 0 saturated heterocycles. The molecular weight excluding hydrogens is 1640 g/mol. The van der Waals surface area contributed by atoms with Gasteiger partial charge in [-0.05, 0) is 128 Å². The summed E-state index contributed by atoms with van der Waals surface area (Å²) in [6.07, 6.45) is 81.5. The SMILES string of the molecule is CCCCCCCCCCC(C)CN(CCCCC(NC(=O)C(CCCCN(CC(O)CCCCCCCCCC)CC(O)CCCCCCCCCC)NC(=O)C(CCCCN(CC(O)CCCCCCCCCC)CC(O)CCCCCCCCCC)N(CC(O)CCCCCCCCCC)CC(O)CCCCCCCCCC)C(=O)O)CC(O)CCCCCCCCCC. The fourth-order valence-corrected chi connectivity index (χ4v) is 20.1. The average Bonchev–Trinajstić information content (AvgIpc) is 0.838. The maximum absolute atomic E-state index is 16.2. The molecule has 0 radical (unpaired) electrons. The fourth-order valence-electron chi connectivity index (χ4n) is 20.1. The Morgan fingerprint density at radius 3 is 0.621 bits per heavy atom. The molecule has 0 aliphatic rings. The lowest BCUT2D eigenvalue weighted by molar-refractivity contribution is -0.142. The smallest absolute Gasteiger partial charge is 0.326 e. The molecule has 0 aromatic heterocycles. The van der Waals surface area contributed by atoms with Crippen LogP contribution in [0.5, 0.6) is 0 Å². The van der Waals surface area contributed by atoms with Crippen LogP contribution in [-0.2, 0) is 14.4 Å². The lowest BCUT2D eigenvalue weighted by atomic mass is 10.00. The molecule has 17 nitrogen and oxygen atoms in total. The van der Waals surface area contributed by atoms with Crippen molar-refractivity contribution < 1.29 is 55.2 Å². The number of rotatable bonds is 109. The summed E-state index contributed by atoms with van der Waals surface area (Å²) in [4.78, 5) is 54.4. The van der Waals surface area contributed by atoms with Gasteiger partial charge in [-0.2, -0.15) is 0 Å². The molecule has 0 aliphatic heterocycles. The highest BCUT2D eigenvalue weighted by Gasteiger charge is 2.34. The summed E-state index contributed by atoms with van der Waals surface area (Å²) < 4.78 is 0. The van der Waals surface area contributed by atoms with Crippen LogP contribution in [0.2, 0.25) is 0 Å². The lowest BCUT2D eigenvalue weighted by Crippen LogP contribution is -2.57. The molecule has 132 heavy (non-hydrogen) atoms. The van der Waals surface area contributed by atoms with E-state index in [9.17, 15) is 45.6 Å². The Bertz CT molecular complexity index is 2260. The number of nitrogens with zero attached hydrogens (tertiary/aromatic N) is 4. The quantitative estimate of drug-likeness (QED) is 0.0254. The Hall–Kier alpha value is -2.03. The molecule has 10 N–H and O–H groups in total. The molecule has 11 unspecified atom stereocenters. The molecule has 0 bridgehead atoms. The minimum absolute atomic E-state index is 0.155. The van der Waals surface area contributed by atoms with Gasteiger partial charge in [0.05, 0.1) is 48.8 Å². The zero-order valence-corrected chi connectivity index (χ0v) is 89.5. The van der Waals surface area contributed by atoms with E-state index in [1.54, 1.807) is 0 Å². The molecule has 788 valence electrons. The van der Waals surface area contributed by atoms with Gasteiger partial charge in [-0.25, -0.2) is 4.79 Å². The number of hydrogen-bond acceptors (Lipinski definition) is 14. The first-order chi connectivity index (χ1) is 64.3. The summed E-state index contributed by atoms with van der Waals surface area (Å²) >= 11 is 0. The number of carbonyl (C=O) groups excluding carboxylic acids is 2. The van der Waals surface area contributed by atoms with Crippen molar-refractivity contribution in [2.75, 3.05) is 72.0 Å². The normalized spacial score (nSPS) is 14.6. The molecule has 11 atom stereocenters. The lowest BCUT2D eigenvalue weighted by Gasteiger charge is -2.35. The molecule has 0 heterocycles. The van der Waals surface area contributed by atoms with Gasteiger partial charge in [-0.1, -0.05) is 480 Å². The minimum Gasteiger partial charge on any atom is -0.480 e. The van der Waals surface area contributed by atoms with Crippen molar-refractivity contribution in [3.8, 4) is 0 Å². The van der Waals surface area contributed by atoms with Crippen molar-refractivity contribution in [2.24, 2.45) is 5.92 Å². The molecule has 0 aliphatic carbocycles. The largest absolute Gasteiger partial charge is 0.480 e. The number of carbonyl (C=O) groups is 3. The second kappa shape index (κ2) is 99.1. The van der Waals surface area contributed by atoms with E-state index in [2.05, 4.69) is 87.6 Å². The van der Waals surface area contributed by atoms with E-state index in [4.69, 9.17) is 0 Å². The first-order valence-electron chi connectivity index (χ1n) is 58.8. The van der Waals surface area contributed by atoms with Crippen LogP contribution >= 0.6 is 0 Å². The Labute approximate surface area is 819 Å². The van der Waals surface area contributed by atoms with Crippen LogP contribution in [0.4, 0.5) is 0 Å². The molecular formula is C115H232N6O11. The average molecular weight is 1880 g/mol. The van der Waals surface area contributed by atoms with Crippen LogP contribution in [0.25, 0.3) is 0 Å². The Morgan fingerprint density at radius 2 is 0.386 bits per heavy atom. The summed E-state index contributed by atoms with van der Waals surface area (Å²) in [5.74, 6) is -1.64. The van der Waals surface area contributed by atoms with Gasteiger partial charge in [-0.15, -0.1) is 0 Å². The minimum atomic E-state index is -1.23. The van der Waals surface area contributed by atoms with Crippen molar-refractivity contribution in [3.63, 3.8) is 0 Å². The molecule has 0 fully saturated rings. The number of amides is 2. The Morgan fingerprint density at radius 1 is 0.205 bits per heavy atom. The number of hydrogen-bond donors (Lipinski definition) is 10. The van der Waals surface area contributed by atoms with E-state index >= 15 is 9.59 Å². The van der Waals surface area contributed by atoms with Gasteiger partial charge in [0.1, 0.15) is 12.1 Å². The molecule has 17 heteroatoms. The summed E-state index contributed by atoms with van der Waals surface area (Å²) in [5, 5.41) is 101. The Balaban J connectivity index is 8.05. The zero-order chi connectivity index (χ0) is 96.9. The topological polar surface area (TPSA) is 250 Å². The van der Waals surface area contributed by atoms with Gasteiger partial charge in [0.2, 0.25) is 11.8 Å². The van der Waals surface area contributed by atoms with Gasteiger partial charge in [-0.3, -0.25) is 24.3 Å². The number of nitrogens with one attached hydrogen (secondary N) is 2. The maximum Gasteiger partial charge on any atom is 0.326 e. The maximum atomic E-state index is 16.2. The van der Waals surface area contributed by atoms with Crippen LogP contribution in [0.3, 0.4) is 0 Å². The standard InChI is InChI=1S/C115H232N6O11/c1-10-18-26-34-42-50-58-66-80-102(9)94-118(95-103(122)81-67-59-51-43-35-27-19-11-2)91-78-75-89-111(115(131)132)117-113(129)110(88-74-77-92-119(96-104(123)82-68-60-52-44-36-28-20-12-3)97-105(124)83-69-61-53-45-37-29-21-13-4)116-114(130)112(121(100-108(127)86-72-64-56-48-40-32-24-16-7)101-109(128)87-73-65-57-49-41-33-25-17-8)90-76-79-93-120(98-106(125)84-70-62-54-46-38-30-22-14-5)99-107(126)85-71-63-55-47-39-31-23-15-6/h102-112,122-128H,10-101H2,1-9H3,(H,116,130)(H,117,129)(H,131,132). The van der Waals surface area contributed by atoms with E-state index < -0.39 is 78.6 Å². The number of aliphatic hydroxyl groups is 7. The number of aliphatic carboxylic acids is 1. The number of carboxylic acid groups (broad SMARTS) is 1. The number of unbranched alkanes of at least 4 members (excludes halogenated alkanes) is 59. The summed E-state index contributed by atoms with van der Waals surface area (Å²) in [6.45, 7) is 25.7. The van der Waals surface area contributed by atoms with Crippen LogP contribution in [0, 0.1) is 5.92 Å². The second-order valence-electron chi connectivity index (χ2n) is 42.5. The molecule has 0 saturated carbocycles. The highest BCUT2D eigenvalue weighted by molar-refractivity contribution is 5.91. The number of carboxylic acids is 1. The van der Waals surface area contributed by atoms with Gasteiger partial charge in [0.25, 0.3) is 0 Å². The van der Waals surface area contributed by atoms with E-state index in [-0.39, 0.29) is 25.9 Å². The van der Waals surface area contributed by atoms with Crippen molar-refractivity contribution in [2.45, 2.75) is 643 Å². The van der Waals surface area contributed by atoms with Gasteiger partial charge in [0, 0.05) is 52.4 Å². The van der Waals surface area contributed by atoms with E-state index in [1.165, 1.54) is 283 Å². The molecule has 2 amide bonds.